The fourth-order valence-electron chi connectivity index (χ4n) is 2.70. The number of hydrogen-bond donors (Lipinski definition) is 2. The Bertz CT molecular complexity index is 337. The van der Waals surface area contributed by atoms with Gasteiger partial charge >= 0.3 is 0 Å². The summed E-state index contributed by atoms with van der Waals surface area (Å²) in [5, 5.41) is 0. The van der Waals surface area contributed by atoms with Crippen LogP contribution in [0.2, 0.25) is 0 Å². The lowest BCUT2D eigenvalue weighted by molar-refractivity contribution is 0.363. The molecule has 0 aromatic carbocycles. The lowest BCUT2D eigenvalue weighted by Gasteiger charge is -2.30. The van der Waals surface area contributed by atoms with Crippen LogP contribution in [0.4, 0.5) is 0 Å². The number of hydrogen-bond acceptors (Lipinski definition) is 3. The maximum absolute atomic E-state index is 12.2. The number of nitrogens with two attached hydrogens (primary N) is 1. The van der Waals surface area contributed by atoms with Gasteiger partial charge < -0.3 is 5.73 Å². The molecule has 0 spiro atoms. The van der Waals surface area contributed by atoms with Crippen molar-refractivity contribution in [2.45, 2.75) is 64.3 Å². The fourth-order valence-corrected chi connectivity index (χ4v) is 4.73. The quantitative estimate of drug-likeness (QED) is 0.747. The molecule has 0 amide bonds. The zero-order valence-corrected chi connectivity index (χ0v) is 12.6. The Labute approximate surface area is 112 Å². The van der Waals surface area contributed by atoms with Crippen molar-refractivity contribution in [2.24, 2.45) is 11.7 Å². The highest BCUT2D eigenvalue weighted by Gasteiger charge is 2.29. The lowest BCUT2D eigenvalue weighted by Crippen LogP contribution is -2.48. The van der Waals surface area contributed by atoms with E-state index in [-0.39, 0.29) is 11.3 Å². The highest BCUT2D eigenvalue weighted by Crippen LogP contribution is 2.25. The Hall–Kier alpha value is -0.130. The standard InChI is InChI=1S/C13H28N2O2S/c1-3-13(2,9-10-14)15-18(16,17)11-12-7-5-4-6-8-12/h12,15H,3-11,14H2,1-2H3. The van der Waals surface area contributed by atoms with Gasteiger partial charge in [0.05, 0.1) is 5.75 Å². The van der Waals surface area contributed by atoms with Gasteiger partial charge in [-0.15, -0.1) is 0 Å². The molecule has 4 nitrogen and oxygen atoms in total. The summed E-state index contributed by atoms with van der Waals surface area (Å²) in [6.45, 7) is 4.45. The Morgan fingerprint density at radius 3 is 2.39 bits per heavy atom. The molecule has 108 valence electrons. The molecule has 1 saturated carbocycles. The predicted molar refractivity (Wildman–Crippen MR) is 75.9 cm³/mol. The molecule has 0 radical (unpaired) electrons. The SMILES string of the molecule is CCC(C)(CCN)NS(=O)(=O)CC1CCCCC1. The highest BCUT2D eigenvalue weighted by molar-refractivity contribution is 7.89. The van der Waals surface area contributed by atoms with Crippen LogP contribution in [0.15, 0.2) is 0 Å². The average Bonchev–Trinajstić information content (AvgIpc) is 2.29. The van der Waals surface area contributed by atoms with E-state index in [9.17, 15) is 8.42 Å². The van der Waals surface area contributed by atoms with Gasteiger partial charge in [0.25, 0.3) is 0 Å². The first-order chi connectivity index (χ1) is 8.41. The molecule has 1 fully saturated rings. The maximum atomic E-state index is 12.2. The fraction of sp³-hybridized carbons (Fsp3) is 1.00. The van der Waals surface area contributed by atoms with E-state index in [4.69, 9.17) is 5.73 Å². The van der Waals surface area contributed by atoms with Crippen molar-refractivity contribution in [1.29, 1.82) is 0 Å². The molecular formula is C13H28N2O2S. The van der Waals surface area contributed by atoms with Crippen LogP contribution < -0.4 is 10.5 Å². The molecule has 1 atom stereocenters. The molecular weight excluding hydrogens is 248 g/mol. The Morgan fingerprint density at radius 2 is 1.89 bits per heavy atom. The van der Waals surface area contributed by atoms with Crippen molar-refractivity contribution in [2.75, 3.05) is 12.3 Å². The first kappa shape index (κ1) is 15.9. The minimum absolute atomic E-state index is 0.285. The maximum Gasteiger partial charge on any atom is 0.212 e. The Balaban J connectivity index is 2.56. The number of rotatable bonds is 7. The van der Waals surface area contributed by atoms with E-state index in [1.54, 1.807) is 0 Å². The van der Waals surface area contributed by atoms with Crippen molar-refractivity contribution < 1.29 is 8.42 Å². The summed E-state index contributed by atoms with van der Waals surface area (Å²) in [5.74, 6) is 0.628. The zero-order chi connectivity index (χ0) is 13.6. The molecule has 1 unspecified atom stereocenters. The third-order valence-corrected chi connectivity index (χ3v) is 5.77. The molecule has 0 aliphatic heterocycles. The van der Waals surface area contributed by atoms with Crippen molar-refractivity contribution in [3.63, 3.8) is 0 Å². The number of sulfonamides is 1. The van der Waals surface area contributed by atoms with Gasteiger partial charge in [-0.25, -0.2) is 13.1 Å². The first-order valence-corrected chi connectivity index (χ1v) is 8.78. The van der Waals surface area contributed by atoms with Crippen LogP contribution in [0.1, 0.15) is 58.8 Å². The van der Waals surface area contributed by atoms with Crippen LogP contribution in [0.3, 0.4) is 0 Å². The van der Waals surface area contributed by atoms with E-state index in [2.05, 4.69) is 4.72 Å². The normalized spacial score (nSPS) is 21.7. The molecule has 0 aromatic rings. The highest BCUT2D eigenvalue weighted by atomic mass is 32.2. The molecule has 1 rings (SSSR count). The van der Waals surface area contributed by atoms with E-state index < -0.39 is 10.0 Å². The number of nitrogens with one attached hydrogen (secondary N) is 1. The van der Waals surface area contributed by atoms with Gasteiger partial charge in [-0.2, -0.15) is 0 Å². The summed E-state index contributed by atoms with van der Waals surface area (Å²) in [7, 11) is -3.18. The van der Waals surface area contributed by atoms with Gasteiger partial charge in [0, 0.05) is 5.54 Å². The van der Waals surface area contributed by atoms with Crippen molar-refractivity contribution in [1.82, 2.24) is 4.72 Å². The summed E-state index contributed by atoms with van der Waals surface area (Å²) >= 11 is 0. The second-order valence-electron chi connectivity index (χ2n) is 5.84. The molecule has 3 N–H and O–H groups in total. The van der Waals surface area contributed by atoms with Gasteiger partial charge in [-0.1, -0.05) is 26.2 Å². The van der Waals surface area contributed by atoms with Gasteiger partial charge in [-0.3, -0.25) is 0 Å². The van der Waals surface area contributed by atoms with Crippen molar-refractivity contribution in [3.05, 3.63) is 0 Å². The smallest absolute Gasteiger partial charge is 0.212 e. The second-order valence-corrected chi connectivity index (χ2v) is 7.61. The van der Waals surface area contributed by atoms with E-state index >= 15 is 0 Å². The molecule has 0 saturated heterocycles. The molecule has 18 heavy (non-hydrogen) atoms. The van der Waals surface area contributed by atoms with Crippen molar-refractivity contribution >= 4 is 10.0 Å². The van der Waals surface area contributed by atoms with Crippen LogP contribution in [0, 0.1) is 5.92 Å². The van der Waals surface area contributed by atoms with Crippen LogP contribution in [0.5, 0.6) is 0 Å². The summed E-state index contributed by atoms with van der Waals surface area (Å²) in [4.78, 5) is 0. The van der Waals surface area contributed by atoms with Gasteiger partial charge in [0.2, 0.25) is 10.0 Å². The van der Waals surface area contributed by atoms with Crippen LogP contribution >= 0.6 is 0 Å². The van der Waals surface area contributed by atoms with E-state index in [0.717, 1.165) is 19.3 Å². The van der Waals surface area contributed by atoms with Crippen LogP contribution in [-0.2, 0) is 10.0 Å². The summed E-state index contributed by atoms with van der Waals surface area (Å²) in [5.41, 5.74) is 5.17. The van der Waals surface area contributed by atoms with E-state index in [0.29, 0.717) is 18.9 Å². The summed E-state index contributed by atoms with van der Waals surface area (Å²) in [6, 6.07) is 0. The minimum atomic E-state index is -3.18. The zero-order valence-electron chi connectivity index (χ0n) is 11.7. The largest absolute Gasteiger partial charge is 0.330 e. The van der Waals surface area contributed by atoms with Crippen molar-refractivity contribution in [3.8, 4) is 0 Å². The Morgan fingerprint density at radius 1 is 1.28 bits per heavy atom. The second kappa shape index (κ2) is 6.87. The Kier molecular flexibility index (Phi) is 6.08. The molecule has 0 aromatic heterocycles. The average molecular weight is 276 g/mol. The van der Waals surface area contributed by atoms with Gasteiger partial charge in [-0.05, 0) is 45.1 Å². The topological polar surface area (TPSA) is 72.2 Å². The van der Waals surface area contributed by atoms with Gasteiger partial charge in [0.1, 0.15) is 0 Å². The molecule has 0 bridgehead atoms. The van der Waals surface area contributed by atoms with Gasteiger partial charge in [0.15, 0.2) is 0 Å². The first-order valence-electron chi connectivity index (χ1n) is 7.12. The lowest BCUT2D eigenvalue weighted by atomic mass is 9.91. The molecule has 1 aliphatic carbocycles. The monoisotopic (exact) mass is 276 g/mol. The molecule has 0 heterocycles. The third kappa shape index (κ3) is 5.24. The summed E-state index contributed by atoms with van der Waals surface area (Å²) < 4.78 is 27.3. The van der Waals surface area contributed by atoms with Crippen LogP contribution in [0.25, 0.3) is 0 Å². The van der Waals surface area contributed by atoms with E-state index in [1.807, 2.05) is 13.8 Å². The molecule has 1 aliphatic rings. The van der Waals surface area contributed by atoms with E-state index in [1.165, 1.54) is 19.3 Å². The summed E-state index contributed by atoms with van der Waals surface area (Å²) in [6.07, 6.45) is 7.18. The predicted octanol–water partition coefficient (Wildman–Crippen LogP) is 2.00. The minimum Gasteiger partial charge on any atom is -0.330 e. The third-order valence-electron chi connectivity index (χ3n) is 4.06. The molecule has 5 heteroatoms. The van der Waals surface area contributed by atoms with Crippen LogP contribution in [-0.4, -0.2) is 26.3 Å².